The van der Waals surface area contributed by atoms with Gasteiger partial charge in [-0.15, -0.1) is 11.3 Å². The third-order valence-electron chi connectivity index (χ3n) is 1.96. The lowest BCUT2D eigenvalue weighted by Crippen LogP contribution is -2.14. The second-order valence-electron chi connectivity index (χ2n) is 3.23. The number of hydrogen-bond donors (Lipinski definition) is 3. The molecule has 0 radical (unpaired) electrons. The van der Waals surface area contributed by atoms with Crippen LogP contribution in [0.15, 0.2) is 29.1 Å². The molecule has 0 bridgehead atoms. The largest absolute Gasteiger partial charge is 0.477 e. The van der Waals surface area contributed by atoms with Crippen molar-refractivity contribution in [2.45, 2.75) is 0 Å². The number of hydrogen-bond acceptors (Lipinski definition) is 5. The molecule has 0 atom stereocenters. The van der Waals surface area contributed by atoms with Crippen LogP contribution in [0.5, 0.6) is 0 Å². The predicted octanol–water partition coefficient (Wildman–Crippen LogP) is 0.782. The van der Waals surface area contributed by atoms with E-state index >= 15 is 0 Å². The van der Waals surface area contributed by atoms with Gasteiger partial charge in [0.15, 0.2) is 5.82 Å². The number of carbonyl (C=O) groups is 2. The summed E-state index contributed by atoms with van der Waals surface area (Å²) in [4.78, 5) is 33.5. The maximum absolute atomic E-state index is 11.7. The summed E-state index contributed by atoms with van der Waals surface area (Å²) in [5.74, 6) is -1.38. The average molecular weight is 265 g/mol. The van der Waals surface area contributed by atoms with Crippen molar-refractivity contribution < 1.29 is 14.7 Å². The molecule has 0 aliphatic carbocycles. The number of H-pyrrole nitrogens is 1. The van der Waals surface area contributed by atoms with Crippen molar-refractivity contribution in [2.24, 2.45) is 0 Å². The first kappa shape index (κ1) is 12.0. The Bertz CT molecular complexity index is 641. The van der Waals surface area contributed by atoms with Crippen LogP contribution in [0.1, 0.15) is 19.3 Å². The molecule has 2 rings (SSSR count). The molecule has 2 heterocycles. The second kappa shape index (κ2) is 4.80. The highest BCUT2D eigenvalue weighted by Gasteiger charge is 2.13. The Morgan fingerprint density at radius 1 is 1.22 bits per heavy atom. The van der Waals surface area contributed by atoms with E-state index in [1.165, 1.54) is 24.3 Å². The Balaban J connectivity index is 2.14. The van der Waals surface area contributed by atoms with Gasteiger partial charge in [0.2, 0.25) is 0 Å². The minimum atomic E-state index is -1.08. The van der Waals surface area contributed by atoms with Gasteiger partial charge in [0.05, 0.1) is 4.88 Å². The maximum atomic E-state index is 11.7. The van der Waals surface area contributed by atoms with E-state index in [-0.39, 0.29) is 21.1 Å². The van der Waals surface area contributed by atoms with Crippen LogP contribution in [0.2, 0.25) is 0 Å². The number of nitrogens with one attached hydrogen (secondary N) is 2. The minimum absolute atomic E-state index is 0.0783. The van der Waals surface area contributed by atoms with E-state index in [4.69, 9.17) is 5.11 Å². The summed E-state index contributed by atoms with van der Waals surface area (Å²) in [6, 6.07) is 5.33. The molecule has 0 aliphatic heterocycles. The fourth-order valence-electron chi connectivity index (χ4n) is 1.17. The fourth-order valence-corrected chi connectivity index (χ4v) is 1.91. The van der Waals surface area contributed by atoms with Gasteiger partial charge in [0.1, 0.15) is 4.88 Å². The van der Waals surface area contributed by atoms with E-state index < -0.39 is 11.9 Å². The number of nitrogens with zero attached hydrogens (tertiary/aromatic N) is 1. The van der Waals surface area contributed by atoms with Crippen molar-refractivity contribution in [1.29, 1.82) is 0 Å². The third-order valence-corrected chi connectivity index (χ3v) is 3.03. The molecule has 7 nitrogen and oxygen atoms in total. The van der Waals surface area contributed by atoms with E-state index in [1.54, 1.807) is 0 Å². The highest BCUT2D eigenvalue weighted by molar-refractivity contribution is 7.15. The van der Waals surface area contributed by atoms with Crippen molar-refractivity contribution in [2.75, 3.05) is 5.32 Å². The molecule has 92 valence electrons. The number of carbonyl (C=O) groups excluding carboxylic acids is 1. The highest BCUT2D eigenvalue weighted by Crippen LogP contribution is 2.17. The molecule has 0 spiro atoms. The van der Waals surface area contributed by atoms with Crippen molar-refractivity contribution in [3.63, 3.8) is 0 Å². The molecule has 2 aromatic heterocycles. The Morgan fingerprint density at radius 3 is 2.50 bits per heavy atom. The van der Waals surface area contributed by atoms with Crippen LogP contribution in [0, 0.1) is 0 Å². The first-order valence-corrected chi connectivity index (χ1v) is 5.58. The van der Waals surface area contributed by atoms with E-state index in [0.717, 1.165) is 11.3 Å². The summed E-state index contributed by atoms with van der Waals surface area (Å²) < 4.78 is 0. The SMILES string of the molecule is O=C(O)c1ccc(C(=O)Nc2ccc(=O)[nH]n2)s1. The highest BCUT2D eigenvalue weighted by atomic mass is 32.1. The predicted molar refractivity (Wildman–Crippen MR) is 64.1 cm³/mol. The quantitative estimate of drug-likeness (QED) is 0.759. The number of carboxylic acid groups (broad SMARTS) is 1. The van der Waals surface area contributed by atoms with Gasteiger partial charge in [-0.2, -0.15) is 5.10 Å². The lowest BCUT2D eigenvalue weighted by atomic mass is 10.4. The molecule has 18 heavy (non-hydrogen) atoms. The fraction of sp³-hybridized carbons (Fsp3) is 0. The second-order valence-corrected chi connectivity index (χ2v) is 4.31. The Labute approximate surface area is 104 Å². The Morgan fingerprint density at radius 2 is 1.94 bits per heavy atom. The van der Waals surface area contributed by atoms with Crippen molar-refractivity contribution in [3.8, 4) is 0 Å². The molecule has 0 aromatic carbocycles. The molecule has 3 N–H and O–H groups in total. The molecule has 0 saturated carbocycles. The molecular formula is C10H7N3O4S. The smallest absolute Gasteiger partial charge is 0.345 e. The molecular weight excluding hydrogens is 258 g/mol. The van der Waals surface area contributed by atoms with Crippen LogP contribution >= 0.6 is 11.3 Å². The van der Waals surface area contributed by atoms with E-state index in [2.05, 4.69) is 15.5 Å². The lowest BCUT2D eigenvalue weighted by Gasteiger charge is -2.00. The topological polar surface area (TPSA) is 112 Å². The molecule has 0 unspecified atom stereocenters. The van der Waals surface area contributed by atoms with Crippen molar-refractivity contribution >= 4 is 29.0 Å². The van der Waals surface area contributed by atoms with E-state index in [1.807, 2.05) is 0 Å². The molecule has 8 heteroatoms. The summed E-state index contributed by atoms with van der Waals surface area (Å²) in [6.45, 7) is 0. The van der Waals surface area contributed by atoms with Gasteiger partial charge >= 0.3 is 5.97 Å². The lowest BCUT2D eigenvalue weighted by molar-refractivity contribution is 0.0702. The summed E-state index contributed by atoms with van der Waals surface area (Å²) in [6.07, 6.45) is 0. The van der Waals surface area contributed by atoms with Gasteiger partial charge in [-0.1, -0.05) is 0 Å². The number of thiophene rings is 1. The van der Waals surface area contributed by atoms with Gasteiger partial charge in [-0.05, 0) is 18.2 Å². The molecule has 2 aromatic rings. The van der Waals surface area contributed by atoms with Crippen LogP contribution in [0.3, 0.4) is 0 Å². The molecule has 0 aliphatic rings. The zero-order chi connectivity index (χ0) is 13.1. The van der Waals surface area contributed by atoms with Gasteiger partial charge in [0, 0.05) is 6.07 Å². The molecule has 0 fully saturated rings. The van der Waals surface area contributed by atoms with Crippen LogP contribution in [0.4, 0.5) is 5.82 Å². The number of carboxylic acids is 1. The van der Waals surface area contributed by atoms with Gasteiger partial charge < -0.3 is 10.4 Å². The monoisotopic (exact) mass is 265 g/mol. The summed E-state index contributed by atoms with van der Waals surface area (Å²) in [5, 5.41) is 16.9. The number of anilines is 1. The van der Waals surface area contributed by atoms with Crippen LogP contribution in [0.25, 0.3) is 0 Å². The van der Waals surface area contributed by atoms with E-state index in [9.17, 15) is 14.4 Å². The zero-order valence-electron chi connectivity index (χ0n) is 8.84. The number of aromatic amines is 1. The molecule has 0 saturated heterocycles. The van der Waals surface area contributed by atoms with Gasteiger partial charge in [0.25, 0.3) is 11.5 Å². The Hall–Kier alpha value is -2.48. The standard InChI is InChI=1S/C10H7N3O4S/c14-8-4-3-7(12-13-8)11-9(15)5-1-2-6(18-5)10(16)17/h1-4H,(H,13,14)(H,16,17)(H,11,12,15). The zero-order valence-corrected chi connectivity index (χ0v) is 9.65. The third kappa shape index (κ3) is 2.61. The average Bonchev–Trinajstić information content (AvgIpc) is 2.81. The molecule has 1 amide bonds. The summed E-state index contributed by atoms with van der Waals surface area (Å²) >= 11 is 0.860. The maximum Gasteiger partial charge on any atom is 0.345 e. The number of aromatic carboxylic acids is 1. The Kier molecular flexibility index (Phi) is 3.20. The summed E-state index contributed by atoms with van der Waals surface area (Å²) in [5.41, 5.74) is -0.378. The van der Waals surface area contributed by atoms with E-state index in [0.29, 0.717) is 0 Å². The minimum Gasteiger partial charge on any atom is -0.477 e. The summed E-state index contributed by atoms with van der Waals surface area (Å²) in [7, 11) is 0. The first-order valence-electron chi connectivity index (χ1n) is 4.76. The number of rotatable bonds is 3. The van der Waals surface area contributed by atoms with Gasteiger partial charge in [-0.3, -0.25) is 9.59 Å². The normalized spacial score (nSPS) is 10.0. The number of aromatic nitrogens is 2. The van der Waals surface area contributed by atoms with Crippen LogP contribution in [-0.2, 0) is 0 Å². The van der Waals surface area contributed by atoms with Crippen molar-refractivity contribution in [1.82, 2.24) is 10.2 Å². The van der Waals surface area contributed by atoms with Crippen LogP contribution in [-0.4, -0.2) is 27.2 Å². The number of amides is 1. The first-order chi connectivity index (χ1) is 8.56. The van der Waals surface area contributed by atoms with Crippen LogP contribution < -0.4 is 10.9 Å². The van der Waals surface area contributed by atoms with Gasteiger partial charge in [-0.25, -0.2) is 9.89 Å². The van der Waals surface area contributed by atoms with Crippen molar-refractivity contribution in [3.05, 3.63) is 44.4 Å².